The predicted octanol–water partition coefficient (Wildman–Crippen LogP) is 2.09. The van der Waals surface area contributed by atoms with Gasteiger partial charge in [0.05, 0.1) is 11.1 Å². The predicted molar refractivity (Wildman–Crippen MR) is 67.6 cm³/mol. The van der Waals surface area contributed by atoms with E-state index in [-0.39, 0.29) is 11.7 Å². The van der Waals surface area contributed by atoms with E-state index >= 15 is 0 Å². The lowest BCUT2D eigenvalue weighted by molar-refractivity contribution is -0.390. The standard InChI is InChI=1S/C12H17N3O3/c1-5-14(6-2)12(16)10-7-13-11(15(17)18)9(4)8(10)3/h7H,5-6H2,1-4H3. The van der Waals surface area contributed by atoms with Crippen molar-refractivity contribution in [2.75, 3.05) is 13.1 Å². The van der Waals surface area contributed by atoms with Crippen molar-refractivity contribution in [1.82, 2.24) is 9.88 Å². The molecule has 0 N–H and O–H groups in total. The molecule has 0 bridgehead atoms. The second kappa shape index (κ2) is 5.57. The Morgan fingerprint density at radius 3 is 2.33 bits per heavy atom. The van der Waals surface area contributed by atoms with Gasteiger partial charge in [-0.05, 0) is 43.2 Å². The second-order valence-electron chi connectivity index (χ2n) is 3.98. The van der Waals surface area contributed by atoms with Crippen LogP contribution in [0.3, 0.4) is 0 Å². The van der Waals surface area contributed by atoms with E-state index in [0.29, 0.717) is 29.8 Å². The first-order valence-corrected chi connectivity index (χ1v) is 5.83. The molecule has 0 unspecified atom stereocenters. The van der Waals surface area contributed by atoms with Crippen LogP contribution in [0.15, 0.2) is 6.20 Å². The lowest BCUT2D eigenvalue weighted by Gasteiger charge is -2.19. The van der Waals surface area contributed by atoms with Gasteiger partial charge < -0.3 is 15.0 Å². The van der Waals surface area contributed by atoms with Gasteiger partial charge >= 0.3 is 5.82 Å². The zero-order valence-corrected chi connectivity index (χ0v) is 11.1. The van der Waals surface area contributed by atoms with Gasteiger partial charge in [-0.1, -0.05) is 0 Å². The van der Waals surface area contributed by atoms with E-state index in [4.69, 9.17) is 0 Å². The van der Waals surface area contributed by atoms with Gasteiger partial charge in [0.1, 0.15) is 0 Å². The molecule has 0 fully saturated rings. The number of nitro groups is 1. The average molecular weight is 251 g/mol. The Kier molecular flexibility index (Phi) is 4.36. The summed E-state index contributed by atoms with van der Waals surface area (Å²) >= 11 is 0. The first-order chi connectivity index (χ1) is 8.43. The number of hydrogen-bond donors (Lipinski definition) is 0. The number of pyridine rings is 1. The van der Waals surface area contributed by atoms with E-state index in [0.717, 1.165) is 0 Å². The Hall–Kier alpha value is -1.98. The van der Waals surface area contributed by atoms with Crippen LogP contribution in [0.4, 0.5) is 5.82 Å². The zero-order valence-electron chi connectivity index (χ0n) is 11.1. The normalized spacial score (nSPS) is 10.2. The fourth-order valence-corrected chi connectivity index (χ4v) is 1.77. The van der Waals surface area contributed by atoms with Gasteiger partial charge in [0.25, 0.3) is 5.91 Å². The SMILES string of the molecule is CCN(CC)C(=O)c1cnc([N+](=O)[O-])c(C)c1C. The van der Waals surface area contributed by atoms with Crippen LogP contribution in [-0.2, 0) is 0 Å². The smallest absolute Gasteiger partial charge is 0.358 e. The van der Waals surface area contributed by atoms with E-state index in [1.165, 1.54) is 6.20 Å². The summed E-state index contributed by atoms with van der Waals surface area (Å²) in [6.45, 7) is 8.31. The van der Waals surface area contributed by atoms with Crippen molar-refractivity contribution in [3.05, 3.63) is 33.0 Å². The summed E-state index contributed by atoms with van der Waals surface area (Å²) in [4.78, 5) is 27.8. The maximum absolute atomic E-state index is 12.2. The van der Waals surface area contributed by atoms with Crippen LogP contribution < -0.4 is 0 Å². The molecule has 1 amide bonds. The number of rotatable bonds is 4. The minimum absolute atomic E-state index is 0.136. The molecule has 0 spiro atoms. The highest BCUT2D eigenvalue weighted by atomic mass is 16.6. The second-order valence-corrected chi connectivity index (χ2v) is 3.98. The third kappa shape index (κ3) is 2.47. The molecule has 0 aliphatic carbocycles. The van der Waals surface area contributed by atoms with Crippen molar-refractivity contribution < 1.29 is 9.72 Å². The van der Waals surface area contributed by atoms with Crippen LogP contribution in [0.1, 0.15) is 35.3 Å². The molecule has 0 atom stereocenters. The number of amides is 1. The Balaban J connectivity index is 3.24. The maximum atomic E-state index is 12.2. The largest absolute Gasteiger partial charge is 0.366 e. The van der Waals surface area contributed by atoms with E-state index in [1.807, 2.05) is 13.8 Å². The van der Waals surface area contributed by atoms with E-state index in [1.54, 1.807) is 18.7 Å². The average Bonchev–Trinajstić information content (AvgIpc) is 2.33. The number of aromatic nitrogens is 1. The van der Waals surface area contributed by atoms with Crippen LogP contribution in [0.2, 0.25) is 0 Å². The molecule has 6 nitrogen and oxygen atoms in total. The molecule has 1 aromatic rings. The minimum Gasteiger partial charge on any atom is -0.358 e. The molecule has 0 aliphatic heterocycles. The summed E-state index contributed by atoms with van der Waals surface area (Å²) in [6.07, 6.45) is 1.29. The van der Waals surface area contributed by atoms with E-state index < -0.39 is 4.92 Å². The van der Waals surface area contributed by atoms with Crippen molar-refractivity contribution in [1.29, 1.82) is 0 Å². The summed E-state index contributed by atoms with van der Waals surface area (Å²) in [5.41, 5.74) is 1.49. The van der Waals surface area contributed by atoms with Gasteiger partial charge in [-0.2, -0.15) is 0 Å². The van der Waals surface area contributed by atoms with E-state index in [2.05, 4.69) is 4.98 Å². The molecular formula is C12H17N3O3. The first-order valence-electron chi connectivity index (χ1n) is 5.83. The highest BCUT2D eigenvalue weighted by Crippen LogP contribution is 2.22. The van der Waals surface area contributed by atoms with E-state index in [9.17, 15) is 14.9 Å². The zero-order chi connectivity index (χ0) is 13.9. The summed E-state index contributed by atoms with van der Waals surface area (Å²) in [5, 5.41) is 10.7. The van der Waals surface area contributed by atoms with Crippen LogP contribution in [0.25, 0.3) is 0 Å². The molecule has 1 heterocycles. The van der Waals surface area contributed by atoms with Gasteiger partial charge in [0.15, 0.2) is 6.20 Å². The third-order valence-electron chi connectivity index (χ3n) is 3.07. The number of nitrogens with zero attached hydrogens (tertiary/aromatic N) is 3. The van der Waals surface area contributed by atoms with Crippen LogP contribution in [0.5, 0.6) is 0 Å². The Morgan fingerprint density at radius 2 is 1.89 bits per heavy atom. The fraction of sp³-hybridized carbons (Fsp3) is 0.500. The molecular weight excluding hydrogens is 234 g/mol. The molecule has 1 aromatic heterocycles. The van der Waals surface area contributed by atoms with Crippen molar-refractivity contribution in [2.24, 2.45) is 0 Å². The van der Waals surface area contributed by atoms with Gasteiger partial charge in [0, 0.05) is 13.1 Å². The Labute approximate surface area is 106 Å². The molecule has 6 heteroatoms. The topological polar surface area (TPSA) is 76.3 Å². The van der Waals surface area contributed by atoms with Crippen LogP contribution in [0, 0.1) is 24.0 Å². The van der Waals surface area contributed by atoms with Crippen LogP contribution >= 0.6 is 0 Å². The van der Waals surface area contributed by atoms with Crippen molar-refractivity contribution >= 4 is 11.7 Å². The quantitative estimate of drug-likeness (QED) is 0.606. The van der Waals surface area contributed by atoms with Crippen molar-refractivity contribution in [3.63, 3.8) is 0 Å². The number of carbonyl (C=O) groups is 1. The molecule has 1 rings (SSSR count). The lowest BCUT2D eigenvalue weighted by Crippen LogP contribution is -2.31. The highest BCUT2D eigenvalue weighted by molar-refractivity contribution is 5.95. The molecule has 0 saturated heterocycles. The Morgan fingerprint density at radius 1 is 1.33 bits per heavy atom. The summed E-state index contributed by atoms with van der Waals surface area (Å²) in [5.74, 6) is -0.327. The highest BCUT2D eigenvalue weighted by Gasteiger charge is 2.23. The summed E-state index contributed by atoms with van der Waals surface area (Å²) in [6, 6.07) is 0. The molecule has 0 aromatic carbocycles. The summed E-state index contributed by atoms with van der Waals surface area (Å²) < 4.78 is 0. The first kappa shape index (κ1) is 14.1. The van der Waals surface area contributed by atoms with Gasteiger partial charge in [0.2, 0.25) is 0 Å². The van der Waals surface area contributed by atoms with Crippen LogP contribution in [-0.4, -0.2) is 33.8 Å². The molecule has 98 valence electrons. The lowest BCUT2D eigenvalue weighted by atomic mass is 10.1. The fourth-order valence-electron chi connectivity index (χ4n) is 1.77. The van der Waals surface area contributed by atoms with Gasteiger partial charge in [-0.25, -0.2) is 0 Å². The summed E-state index contributed by atoms with van der Waals surface area (Å²) in [7, 11) is 0. The molecule has 0 aliphatic rings. The number of hydrogen-bond acceptors (Lipinski definition) is 4. The van der Waals surface area contributed by atoms with Gasteiger partial charge in [-0.3, -0.25) is 4.79 Å². The molecule has 0 saturated carbocycles. The van der Waals surface area contributed by atoms with Gasteiger partial charge in [-0.15, -0.1) is 0 Å². The minimum atomic E-state index is -0.534. The monoisotopic (exact) mass is 251 g/mol. The van der Waals surface area contributed by atoms with Crippen molar-refractivity contribution in [2.45, 2.75) is 27.7 Å². The molecule has 0 radical (unpaired) electrons. The Bertz CT molecular complexity index is 482. The third-order valence-corrected chi connectivity index (χ3v) is 3.07. The maximum Gasteiger partial charge on any atom is 0.366 e. The van der Waals surface area contributed by atoms with Crippen molar-refractivity contribution in [3.8, 4) is 0 Å². The number of carbonyl (C=O) groups excluding carboxylic acids is 1. The molecule has 18 heavy (non-hydrogen) atoms.